The van der Waals surface area contributed by atoms with Crippen LogP contribution >= 0.6 is 0 Å². The molecular weight excluding hydrogens is 212 g/mol. The topological polar surface area (TPSA) is 38.5 Å². The van der Waals surface area contributed by atoms with E-state index in [0.29, 0.717) is 18.2 Å². The molecule has 0 spiro atoms. The summed E-state index contributed by atoms with van der Waals surface area (Å²) in [6, 6.07) is 0.999. The molecule has 4 atom stereocenters. The molecular formula is C14H28N2O. The third-order valence-corrected chi connectivity index (χ3v) is 4.65. The van der Waals surface area contributed by atoms with E-state index in [9.17, 15) is 0 Å². The molecule has 0 radical (unpaired) electrons. The number of ether oxygens (including phenoxy) is 1. The second-order valence-corrected chi connectivity index (χ2v) is 5.84. The molecule has 0 amide bonds. The summed E-state index contributed by atoms with van der Waals surface area (Å²) in [6.07, 6.45) is 8.17. The lowest BCUT2D eigenvalue weighted by molar-refractivity contribution is 0.0826. The van der Waals surface area contributed by atoms with Gasteiger partial charge < -0.3 is 10.5 Å². The highest BCUT2D eigenvalue weighted by Gasteiger charge is 2.35. The van der Waals surface area contributed by atoms with Crippen LogP contribution in [0.25, 0.3) is 0 Å². The van der Waals surface area contributed by atoms with Crippen LogP contribution in [-0.4, -0.2) is 43.3 Å². The molecule has 100 valence electrons. The Morgan fingerprint density at radius 1 is 1.29 bits per heavy atom. The summed E-state index contributed by atoms with van der Waals surface area (Å²) in [5.74, 6) is 0.909. The Morgan fingerprint density at radius 2 is 2.12 bits per heavy atom. The number of nitrogens with two attached hydrogens (primary N) is 1. The van der Waals surface area contributed by atoms with E-state index in [4.69, 9.17) is 10.5 Å². The molecule has 4 unspecified atom stereocenters. The van der Waals surface area contributed by atoms with Crippen LogP contribution < -0.4 is 5.73 Å². The summed E-state index contributed by atoms with van der Waals surface area (Å²) in [5, 5.41) is 0. The number of methoxy groups -OCH3 is 1. The maximum atomic E-state index is 6.32. The molecule has 1 heterocycles. The molecule has 1 aliphatic carbocycles. The summed E-state index contributed by atoms with van der Waals surface area (Å²) < 4.78 is 5.46. The summed E-state index contributed by atoms with van der Waals surface area (Å²) in [5.41, 5.74) is 6.32. The molecule has 0 aromatic heterocycles. The minimum atomic E-state index is 0.388. The molecule has 2 N–H and O–H groups in total. The Bertz CT molecular complexity index is 234. The van der Waals surface area contributed by atoms with Crippen LogP contribution in [0.4, 0.5) is 0 Å². The van der Waals surface area contributed by atoms with Gasteiger partial charge in [0.15, 0.2) is 0 Å². The first-order valence-electron chi connectivity index (χ1n) is 7.27. The second kappa shape index (κ2) is 6.17. The van der Waals surface area contributed by atoms with Crippen molar-refractivity contribution in [1.29, 1.82) is 0 Å². The van der Waals surface area contributed by atoms with Gasteiger partial charge in [0.2, 0.25) is 0 Å². The van der Waals surface area contributed by atoms with E-state index in [0.717, 1.165) is 12.5 Å². The number of likely N-dealkylation sites (tertiary alicyclic amines) is 1. The third-order valence-electron chi connectivity index (χ3n) is 4.65. The molecule has 2 aliphatic rings. The smallest absolute Gasteiger partial charge is 0.0710 e. The van der Waals surface area contributed by atoms with Gasteiger partial charge in [0.05, 0.1) is 6.10 Å². The number of hydrogen-bond donors (Lipinski definition) is 1. The molecule has 0 aromatic carbocycles. The Balaban J connectivity index is 1.89. The standard InChI is InChI=1S/C14H28N2O/c1-3-4-11-5-6-13(15)14(9-11)16-8-7-12(10-16)17-2/h11-14H,3-10,15H2,1-2H3. The molecule has 1 saturated heterocycles. The molecule has 1 aliphatic heterocycles. The molecule has 3 nitrogen and oxygen atoms in total. The number of nitrogens with zero attached hydrogens (tertiary/aromatic N) is 1. The molecule has 3 heteroatoms. The van der Waals surface area contributed by atoms with Crippen molar-refractivity contribution in [3.8, 4) is 0 Å². The first-order valence-corrected chi connectivity index (χ1v) is 7.27. The molecule has 2 fully saturated rings. The molecule has 17 heavy (non-hydrogen) atoms. The van der Waals surface area contributed by atoms with Crippen LogP contribution in [0, 0.1) is 5.92 Å². The lowest BCUT2D eigenvalue weighted by atomic mass is 9.80. The zero-order valence-electron chi connectivity index (χ0n) is 11.4. The van der Waals surface area contributed by atoms with Crippen LogP contribution in [0.2, 0.25) is 0 Å². The summed E-state index contributed by atoms with van der Waals surface area (Å²) in [4.78, 5) is 2.58. The average Bonchev–Trinajstić information content (AvgIpc) is 2.80. The van der Waals surface area contributed by atoms with Crippen molar-refractivity contribution in [2.24, 2.45) is 11.7 Å². The van der Waals surface area contributed by atoms with Gasteiger partial charge in [-0.25, -0.2) is 0 Å². The van der Waals surface area contributed by atoms with Gasteiger partial charge in [-0.05, 0) is 31.6 Å². The van der Waals surface area contributed by atoms with Crippen molar-refractivity contribution in [2.45, 2.75) is 63.6 Å². The largest absolute Gasteiger partial charge is 0.380 e. The van der Waals surface area contributed by atoms with Crippen LogP contribution in [0.3, 0.4) is 0 Å². The van der Waals surface area contributed by atoms with Crippen LogP contribution in [0.15, 0.2) is 0 Å². The van der Waals surface area contributed by atoms with E-state index in [1.807, 2.05) is 7.11 Å². The number of rotatable bonds is 4. The zero-order chi connectivity index (χ0) is 12.3. The molecule has 0 aromatic rings. The quantitative estimate of drug-likeness (QED) is 0.817. The van der Waals surface area contributed by atoms with Gasteiger partial charge in [-0.2, -0.15) is 0 Å². The predicted molar refractivity (Wildman–Crippen MR) is 71.0 cm³/mol. The summed E-state index contributed by atoms with van der Waals surface area (Å²) >= 11 is 0. The fourth-order valence-corrected chi connectivity index (χ4v) is 3.59. The molecule has 0 bridgehead atoms. The highest BCUT2D eigenvalue weighted by atomic mass is 16.5. The van der Waals surface area contributed by atoms with Crippen molar-refractivity contribution >= 4 is 0 Å². The fraction of sp³-hybridized carbons (Fsp3) is 1.00. The van der Waals surface area contributed by atoms with Crippen molar-refractivity contribution < 1.29 is 4.74 Å². The third kappa shape index (κ3) is 3.21. The predicted octanol–water partition coefficient (Wildman–Crippen LogP) is 2.00. The monoisotopic (exact) mass is 240 g/mol. The maximum absolute atomic E-state index is 6.32. The SMILES string of the molecule is CCCC1CCC(N)C(N2CCC(OC)C2)C1. The van der Waals surface area contributed by atoms with Crippen molar-refractivity contribution in [1.82, 2.24) is 4.90 Å². The second-order valence-electron chi connectivity index (χ2n) is 5.84. The van der Waals surface area contributed by atoms with Gasteiger partial charge in [-0.15, -0.1) is 0 Å². The van der Waals surface area contributed by atoms with E-state index >= 15 is 0 Å². The highest BCUT2D eigenvalue weighted by Crippen LogP contribution is 2.32. The first-order chi connectivity index (χ1) is 8.24. The van der Waals surface area contributed by atoms with E-state index in [2.05, 4.69) is 11.8 Å². The van der Waals surface area contributed by atoms with Gasteiger partial charge in [-0.1, -0.05) is 19.8 Å². The average molecular weight is 240 g/mol. The Labute approximate surface area is 106 Å². The first kappa shape index (κ1) is 13.3. The van der Waals surface area contributed by atoms with Crippen LogP contribution in [-0.2, 0) is 4.74 Å². The molecule has 1 saturated carbocycles. The van der Waals surface area contributed by atoms with Gasteiger partial charge in [0.1, 0.15) is 0 Å². The highest BCUT2D eigenvalue weighted by molar-refractivity contribution is 4.92. The van der Waals surface area contributed by atoms with Crippen molar-refractivity contribution in [2.75, 3.05) is 20.2 Å². The lowest BCUT2D eigenvalue weighted by Crippen LogP contribution is -2.50. The minimum absolute atomic E-state index is 0.388. The Hall–Kier alpha value is -0.120. The van der Waals surface area contributed by atoms with Crippen molar-refractivity contribution in [3.05, 3.63) is 0 Å². The normalized spacial score (nSPS) is 39.7. The number of hydrogen-bond acceptors (Lipinski definition) is 3. The van der Waals surface area contributed by atoms with Gasteiger partial charge in [-0.3, -0.25) is 4.90 Å². The Morgan fingerprint density at radius 3 is 2.76 bits per heavy atom. The van der Waals surface area contributed by atoms with Crippen LogP contribution in [0.5, 0.6) is 0 Å². The summed E-state index contributed by atoms with van der Waals surface area (Å²) in [6.45, 7) is 4.56. The van der Waals surface area contributed by atoms with Gasteiger partial charge >= 0.3 is 0 Å². The Kier molecular flexibility index (Phi) is 4.83. The van der Waals surface area contributed by atoms with E-state index < -0.39 is 0 Å². The summed E-state index contributed by atoms with van der Waals surface area (Å²) in [7, 11) is 1.83. The van der Waals surface area contributed by atoms with Crippen molar-refractivity contribution in [3.63, 3.8) is 0 Å². The maximum Gasteiger partial charge on any atom is 0.0710 e. The van der Waals surface area contributed by atoms with Crippen LogP contribution in [0.1, 0.15) is 45.4 Å². The van der Waals surface area contributed by atoms with E-state index in [1.54, 1.807) is 0 Å². The van der Waals surface area contributed by atoms with E-state index in [1.165, 1.54) is 45.1 Å². The minimum Gasteiger partial charge on any atom is -0.380 e. The van der Waals surface area contributed by atoms with E-state index in [-0.39, 0.29) is 0 Å². The van der Waals surface area contributed by atoms with Gasteiger partial charge in [0.25, 0.3) is 0 Å². The fourth-order valence-electron chi connectivity index (χ4n) is 3.59. The zero-order valence-corrected chi connectivity index (χ0v) is 11.4. The lowest BCUT2D eigenvalue weighted by Gasteiger charge is -2.39. The van der Waals surface area contributed by atoms with Gasteiger partial charge in [0, 0.05) is 32.3 Å². The molecule has 2 rings (SSSR count).